The summed E-state index contributed by atoms with van der Waals surface area (Å²) in [6.45, 7) is 6.77. The quantitative estimate of drug-likeness (QED) is 0.627. The summed E-state index contributed by atoms with van der Waals surface area (Å²) < 4.78 is 12.2. The number of hydrogen-bond acceptors (Lipinski definition) is 5. The number of aliphatic hydroxyl groups is 1. The highest BCUT2D eigenvalue weighted by atomic mass is 16.6. The maximum atomic E-state index is 13.4. The van der Waals surface area contributed by atoms with Gasteiger partial charge in [0, 0.05) is 6.54 Å². The van der Waals surface area contributed by atoms with Crippen molar-refractivity contribution in [2.45, 2.75) is 102 Å². The van der Waals surface area contributed by atoms with E-state index in [1.165, 1.54) is 51.4 Å². The van der Waals surface area contributed by atoms with Crippen molar-refractivity contribution < 1.29 is 19.4 Å². The highest BCUT2D eigenvalue weighted by Gasteiger charge is 2.53. The molecule has 4 rings (SSSR count). The van der Waals surface area contributed by atoms with Crippen LogP contribution in [0.5, 0.6) is 0 Å². The molecule has 1 amide bonds. The minimum atomic E-state index is -0.819. The van der Waals surface area contributed by atoms with E-state index in [-0.39, 0.29) is 18.7 Å². The van der Waals surface area contributed by atoms with Gasteiger partial charge in [0.05, 0.1) is 12.1 Å². The Morgan fingerprint density at radius 3 is 2.45 bits per heavy atom. The Labute approximate surface area is 199 Å². The Balaban J connectivity index is 1.49. The second-order valence-corrected chi connectivity index (χ2v) is 10.7. The number of rotatable bonds is 7. The lowest BCUT2D eigenvalue weighted by Crippen LogP contribution is -2.51. The third-order valence-corrected chi connectivity index (χ3v) is 7.69. The molecule has 3 atom stereocenters. The van der Waals surface area contributed by atoms with Gasteiger partial charge in [-0.25, -0.2) is 4.79 Å². The molecule has 3 fully saturated rings. The molecule has 33 heavy (non-hydrogen) atoms. The normalized spacial score (nSPS) is 27.4. The minimum absolute atomic E-state index is 0.175. The summed E-state index contributed by atoms with van der Waals surface area (Å²) in [6, 6.07) is 9.60. The Bertz CT molecular complexity index is 744. The monoisotopic (exact) mass is 458 g/mol. The third-order valence-electron chi connectivity index (χ3n) is 7.69. The van der Waals surface area contributed by atoms with Crippen LogP contribution in [0.25, 0.3) is 0 Å². The molecule has 0 bridgehead atoms. The molecule has 0 radical (unpaired) electrons. The van der Waals surface area contributed by atoms with Gasteiger partial charge in [-0.15, -0.1) is 0 Å². The van der Waals surface area contributed by atoms with Crippen LogP contribution in [-0.4, -0.2) is 64.6 Å². The number of aliphatic hydroxyl groups excluding tert-OH is 1. The zero-order chi connectivity index (χ0) is 23.3. The number of carbonyl (C=O) groups excluding carboxylic acids is 1. The smallest absolute Gasteiger partial charge is 0.412 e. The minimum Gasteiger partial charge on any atom is -0.444 e. The summed E-state index contributed by atoms with van der Waals surface area (Å²) in [4.78, 5) is 17.5. The zero-order valence-electron chi connectivity index (χ0n) is 20.5. The maximum Gasteiger partial charge on any atom is 0.412 e. The zero-order valence-corrected chi connectivity index (χ0v) is 20.5. The highest BCUT2D eigenvalue weighted by molar-refractivity contribution is 5.69. The van der Waals surface area contributed by atoms with Crippen LogP contribution in [0.3, 0.4) is 0 Å². The molecule has 1 aromatic carbocycles. The summed E-state index contributed by atoms with van der Waals surface area (Å²) >= 11 is 0. The molecule has 1 aliphatic carbocycles. The van der Waals surface area contributed by atoms with Gasteiger partial charge in [0.2, 0.25) is 0 Å². The van der Waals surface area contributed by atoms with Crippen LogP contribution >= 0.6 is 0 Å². The Hall–Kier alpha value is -1.63. The van der Waals surface area contributed by atoms with Crippen molar-refractivity contribution in [2.75, 3.05) is 19.6 Å². The number of β-amino-alcohol motifs (C(OH)–C–C–N with tert-alkyl or cyclic N) is 1. The first-order valence-electron chi connectivity index (χ1n) is 13.0. The van der Waals surface area contributed by atoms with Crippen molar-refractivity contribution in [2.24, 2.45) is 5.92 Å². The van der Waals surface area contributed by atoms with Crippen molar-refractivity contribution in [3.8, 4) is 0 Å². The van der Waals surface area contributed by atoms with E-state index in [0.717, 1.165) is 25.1 Å². The molecular weight excluding hydrogens is 416 g/mol. The maximum absolute atomic E-state index is 13.4. The average molecular weight is 459 g/mol. The predicted molar refractivity (Wildman–Crippen MR) is 129 cm³/mol. The van der Waals surface area contributed by atoms with Gasteiger partial charge in [0.15, 0.2) is 0 Å². The first-order chi connectivity index (χ1) is 15.9. The summed E-state index contributed by atoms with van der Waals surface area (Å²) in [7, 11) is 0. The van der Waals surface area contributed by atoms with Crippen molar-refractivity contribution >= 4 is 6.09 Å². The molecule has 1 aromatic rings. The van der Waals surface area contributed by atoms with E-state index in [0.29, 0.717) is 12.5 Å². The van der Waals surface area contributed by atoms with Gasteiger partial charge in [-0.1, -0.05) is 68.9 Å². The van der Waals surface area contributed by atoms with Crippen LogP contribution in [-0.2, 0) is 16.1 Å². The second kappa shape index (κ2) is 11.2. The molecule has 184 valence electrons. The molecule has 0 aromatic heterocycles. The molecule has 3 aliphatic rings. The van der Waals surface area contributed by atoms with Crippen molar-refractivity contribution in [1.82, 2.24) is 9.80 Å². The van der Waals surface area contributed by atoms with E-state index in [1.54, 1.807) is 4.90 Å². The summed E-state index contributed by atoms with van der Waals surface area (Å²) in [6.07, 6.45) is 9.33. The van der Waals surface area contributed by atoms with E-state index >= 15 is 0 Å². The van der Waals surface area contributed by atoms with Crippen LogP contribution in [0, 0.1) is 5.92 Å². The van der Waals surface area contributed by atoms with Crippen LogP contribution < -0.4 is 0 Å². The molecule has 2 unspecified atom stereocenters. The van der Waals surface area contributed by atoms with Crippen molar-refractivity contribution in [1.29, 1.82) is 0 Å². The number of benzene rings is 1. The topological polar surface area (TPSA) is 62.2 Å². The number of amides is 1. The first kappa shape index (κ1) is 24.5. The lowest BCUT2D eigenvalue weighted by Gasteiger charge is -2.36. The molecule has 2 heterocycles. The fourth-order valence-electron chi connectivity index (χ4n) is 6.01. The lowest BCUT2D eigenvalue weighted by atomic mass is 9.82. The highest BCUT2D eigenvalue weighted by Crippen LogP contribution is 2.40. The Morgan fingerprint density at radius 2 is 1.76 bits per heavy atom. The Morgan fingerprint density at radius 1 is 1.09 bits per heavy atom. The van der Waals surface area contributed by atoms with Crippen molar-refractivity contribution in [3.63, 3.8) is 0 Å². The van der Waals surface area contributed by atoms with Crippen LogP contribution in [0.4, 0.5) is 4.79 Å². The number of likely N-dealkylation sites (tertiary alicyclic amines) is 1. The standard InChI is InChI=1S/C27H42N2O4/c1-27(2)29(26(31)32-20-22-14-8-4-9-15-22)23(18-21-12-6-3-7-13-21)25(33-27)24(30)19-28-16-10-5-11-17-28/h4,8-9,14-15,21,23-25,30H,3,5-7,10-13,16-20H2,1-2H3/t23-,24?,25?/m0/s1. The van der Waals surface area contributed by atoms with Gasteiger partial charge in [-0.3, -0.25) is 4.90 Å². The van der Waals surface area contributed by atoms with Crippen LogP contribution in [0.2, 0.25) is 0 Å². The molecular formula is C27H42N2O4. The van der Waals surface area contributed by atoms with Gasteiger partial charge in [0.1, 0.15) is 18.4 Å². The largest absolute Gasteiger partial charge is 0.444 e. The van der Waals surface area contributed by atoms with E-state index in [1.807, 2.05) is 44.2 Å². The van der Waals surface area contributed by atoms with Crippen LogP contribution in [0.1, 0.15) is 77.2 Å². The lowest BCUT2D eigenvalue weighted by molar-refractivity contribution is -0.104. The van der Waals surface area contributed by atoms with Gasteiger partial charge in [-0.2, -0.15) is 0 Å². The number of ether oxygens (including phenoxy) is 2. The van der Waals surface area contributed by atoms with Crippen LogP contribution in [0.15, 0.2) is 30.3 Å². The Kier molecular flexibility index (Phi) is 8.31. The van der Waals surface area contributed by atoms with Gasteiger partial charge >= 0.3 is 6.09 Å². The molecule has 1 saturated carbocycles. The summed E-state index contributed by atoms with van der Waals surface area (Å²) in [5.41, 5.74) is 0.148. The van der Waals surface area contributed by atoms with E-state index in [2.05, 4.69) is 4.90 Å². The fraction of sp³-hybridized carbons (Fsp3) is 0.741. The van der Waals surface area contributed by atoms with E-state index < -0.39 is 17.9 Å². The SMILES string of the molecule is CC1(C)OC(C(O)CN2CCCCC2)[C@H](CC2CCCCC2)N1C(=O)OCc1ccccc1. The van der Waals surface area contributed by atoms with Gasteiger partial charge in [-0.05, 0) is 57.7 Å². The molecule has 0 spiro atoms. The molecule has 2 aliphatic heterocycles. The fourth-order valence-corrected chi connectivity index (χ4v) is 6.01. The number of hydrogen-bond donors (Lipinski definition) is 1. The predicted octanol–water partition coefficient (Wildman–Crippen LogP) is 4.95. The number of carbonyl (C=O) groups is 1. The van der Waals surface area contributed by atoms with E-state index in [9.17, 15) is 9.90 Å². The molecule has 1 N–H and O–H groups in total. The second-order valence-electron chi connectivity index (χ2n) is 10.7. The van der Waals surface area contributed by atoms with E-state index in [4.69, 9.17) is 9.47 Å². The molecule has 6 heteroatoms. The van der Waals surface area contributed by atoms with Gasteiger partial charge in [0.25, 0.3) is 0 Å². The number of nitrogens with zero attached hydrogens (tertiary/aromatic N) is 2. The third kappa shape index (κ3) is 6.28. The molecule has 6 nitrogen and oxygen atoms in total. The average Bonchev–Trinajstić information content (AvgIpc) is 3.09. The van der Waals surface area contributed by atoms with Gasteiger partial charge < -0.3 is 19.5 Å². The summed E-state index contributed by atoms with van der Waals surface area (Å²) in [5.74, 6) is 0.565. The number of piperidine rings is 1. The molecule has 2 saturated heterocycles. The van der Waals surface area contributed by atoms with Crippen molar-refractivity contribution in [3.05, 3.63) is 35.9 Å². The first-order valence-corrected chi connectivity index (χ1v) is 13.0. The summed E-state index contributed by atoms with van der Waals surface area (Å²) in [5, 5.41) is 11.3.